The number of carbonyl (C=O) groups is 3. The Morgan fingerprint density at radius 2 is 1.48 bits per heavy atom. The van der Waals surface area contributed by atoms with Crippen molar-refractivity contribution >= 4 is 18.2 Å². The summed E-state index contributed by atoms with van der Waals surface area (Å²) in [4.78, 5) is 35.0. The van der Waals surface area contributed by atoms with E-state index in [0.717, 1.165) is 0 Å². The minimum absolute atomic E-state index is 0.0321. The summed E-state index contributed by atoms with van der Waals surface area (Å²) in [6, 6.07) is 8.58. The fraction of sp³-hybridized carbons (Fsp3) is 0.167. The first-order valence-electron chi connectivity index (χ1n) is 7.15. The highest BCUT2D eigenvalue weighted by atomic mass is 16.5. The molecule has 0 fully saturated rings. The van der Waals surface area contributed by atoms with Crippen LogP contribution in [0.15, 0.2) is 36.4 Å². The van der Waals surface area contributed by atoms with E-state index < -0.39 is 11.9 Å². The van der Waals surface area contributed by atoms with Gasteiger partial charge in [-0.3, -0.25) is 4.79 Å². The number of aldehydes is 1. The van der Waals surface area contributed by atoms with Crippen molar-refractivity contribution in [2.45, 2.75) is 0 Å². The van der Waals surface area contributed by atoms with E-state index in [2.05, 4.69) is 4.74 Å². The molecule has 0 saturated carbocycles. The van der Waals surface area contributed by atoms with Crippen LogP contribution in [0.2, 0.25) is 0 Å². The van der Waals surface area contributed by atoms with Gasteiger partial charge in [0.15, 0.2) is 17.8 Å². The summed E-state index contributed by atoms with van der Waals surface area (Å²) in [5, 5.41) is 0. The second-order valence-electron chi connectivity index (χ2n) is 4.82. The van der Waals surface area contributed by atoms with Gasteiger partial charge in [-0.1, -0.05) is 0 Å². The van der Waals surface area contributed by atoms with Crippen LogP contribution in [0.4, 0.5) is 0 Å². The molecule has 0 aromatic heterocycles. The molecule has 0 N–H and O–H groups in total. The molecule has 2 aromatic carbocycles. The van der Waals surface area contributed by atoms with Gasteiger partial charge in [-0.25, -0.2) is 9.59 Å². The van der Waals surface area contributed by atoms with Crippen molar-refractivity contribution in [2.75, 3.05) is 21.3 Å². The molecule has 0 heterocycles. The molecular formula is C18H16O7. The largest absolute Gasteiger partial charge is 0.493 e. The van der Waals surface area contributed by atoms with Crippen molar-refractivity contribution in [1.29, 1.82) is 0 Å². The van der Waals surface area contributed by atoms with Gasteiger partial charge >= 0.3 is 11.9 Å². The molecule has 0 atom stereocenters. The molecule has 7 heteroatoms. The van der Waals surface area contributed by atoms with Gasteiger partial charge in [0.1, 0.15) is 5.75 Å². The highest BCUT2D eigenvalue weighted by Crippen LogP contribution is 2.30. The minimum Gasteiger partial charge on any atom is -0.493 e. The van der Waals surface area contributed by atoms with Gasteiger partial charge in [-0.15, -0.1) is 0 Å². The topological polar surface area (TPSA) is 88.1 Å². The zero-order valence-corrected chi connectivity index (χ0v) is 13.9. The fourth-order valence-corrected chi connectivity index (χ4v) is 2.11. The molecule has 0 radical (unpaired) electrons. The summed E-state index contributed by atoms with van der Waals surface area (Å²) < 4.78 is 20.1. The van der Waals surface area contributed by atoms with Crippen molar-refractivity contribution in [3.63, 3.8) is 0 Å². The summed E-state index contributed by atoms with van der Waals surface area (Å²) in [6.07, 6.45) is 0.527. The van der Waals surface area contributed by atoms with E-state index in [4.69, 9.17) is 14.2 Å². The van der Waals surface area contributed by atoms with Crippen LogP contribution in [-0.2, 0) is 4.74 Å². The first-order chi connectivity index (χ1) is 12.0. The summed E-state index contributed by atoms with van der Waals surface area (Å²) >= 11 is 0. The Balaban J connectivity index is 2.28. The van der Waals surface area contributed by atoms with Crippen LogP contribution in [0.3, 0.4) is 0 Å². The molecule has 0 bridgehead atoms. The Bertz CT molecular complexity index is 794. The third kappa shape index (κ3) is 3.95. The quantitative estimate of drug-likeness (QED) is 0.452. The van der Waals surface area contributed by atoms with Crippen LogP contribution < -0.4 is 14.2 Å². The Hall–Kier alpha value is -3.35. The van der Waals surface area contributed by atoms with Crippen LogP contribution in [0.5, 0.6) is 17.2 Å². The fourth-order valence-electron chi connectivity index (χ4n) is 2.11. The second-order valence-corrected chi connectivity index (χ2v) is 4.82. The number of benzene rings is 2. The van der Waals surface area contributed by atoms with Crippen molar-refractivity contribution < 1.29 is 33.3 Å². The highest BCUT2D eigenvalue weighted by molar-refractivity contribution is 6.00. The maximum atomic E-state index is 12.4. The smallest absolute Gasteiger partial charge is 0.344 e. The number of rotatable bonds is 6. The second kappa shape index (κ2) is 7.96. The molecule has 0 aliphatic rings. The zero-order chi connectivity index (χ0) is 18.4. The molecular weight excluding hydrogens is 328 g/mol. The van der Waals surface area contributed by atoms with Gasteiger partial charge in [0.25, 0.3) is 0 Å². The van der Waals surface area contributed by atoms with Gasteiger partial charge < -0.3 is 18.9 Å². The van der Waals surface area contributed by atoms with Gasteiger partial charge in [-0.2, -0.15) is 0 Å². The molecule has 0 saturated heterocycles. The van der Waals surface area contributed by atoms with Crippen molar-refractivity contribution in [3.05, 3.63) is 53.1 Å². The monoisotopic (exact) mass is 344 g/mol. The average molecular weight is 344 g/mol. The van der Waals surface area contributed by atoms with Gasteiger partial charge in [-0.05, 0) is 36.4 Å². The maximum absolute atomic E-state index is 12.4. The van der Waals surface area contributed by atoms with E-state index in [1.807, 2.05) is 0 Å². The summed E-state index contributed by atoms with van der Waals surface area (Å²) in [7, 11) is 4.11. The third-order valence-corrected chi connectivity index (χ3v) is 3.39. The van der Waals surface area contributed by atoms with Crippen LogP contribution in [0.1, 0.15) is 31.1 Å². The molecule has 0 amide bonds. The third-order valence-electron chi connectivity index (χ3n) is 3.39. The van der Waals surface area contributed by atoms with Crippen LogP contribution >= 0.6 is 0 Å². The summed E-state index contributed by atoms with van der Waals surface area (Å²) in [5.74, 6) is -0.413. The SMILES string of the molecule is COC(=O)c1ccc(OC(=O)c2cc(OC)c(OC)cc2C=O)cc1. The lowest BCUT2D eigenvalue weighted by atomic mass is 10.1. The lowest BCUT2D eigenvalue weighted by Crippen LogP contribution is -2.12. The van der Waals surface area contributed by atoms with Crippen molar-refractivity contribution in [2.24, 2.45) is 0 Å². The number of methoxy groups -OCH3 is 3. The zero-order valence-electron chi connectivity index (χ0n) is 13.9. The van der Waals surface area contributed by atoms with Crippen molar-refractivity contribution in [3.8, 4) is 17.2 Å². The molecule has 0 spiro atoms. The highest BCUT2D eigenvalue weighted by Gasteiger charge is 2.18. The molecule has 130 valence electrons. The predicted molar refractivity (Wildman–Crippen MR) is 87.7 cm³/mol. The van der Waals surface area contributed by atoms with Gasteiger partial charge in [0.05, 0.1) is 32.5 Å². The summed E-state index contributed by atoms with van der Waals surface area (Å²) in [6.45, 7) is 0. The molecule has 7 nitrogen and oxygen atoms in total. The Labute approximate surface area is 144 Å². The van der Waals surface area contributed by atoms with Crippen LogP contribution in [0.25, 0.3) is 0 Å². The number of hydrogen-bond donors (Lipinski definition) is 0. The maximum Gasteiger partial charge on any atom is 0.344 e. The van der Waals surface area contributed by atoms with Gasteiger partial charge in [0.2, 0.25) is 0 Å². The van der Waals surface area contributed by atoms with E-state index in [9.17, 15) is 14.4 Å². The number of esters is 2. The number of carbonyl (C=O) groups excluding carboxylic acids is 3. The minimum atomic E-state index is -0.742. The molecule has 25 heavy (non-hydrogen) atoms. The predicted octanol–water partition coefficient (Wildman–Crippen LogP) is 2.52. The first kappa shape index (κ1) is 18.0. The number of ether oxygens (including phenoxy) is 4. The molecule has 2 rings (SSSR count). The van der Waals surface area contributed by atoms with Crippen molar-refractivity contribution in [1.82, 2.24) is 0 Å². The van der Waals surface area contributed by atoms with Crippen LogP contribution in [-0.4, -0.2) is 39.6 Å². The van der Waals surface area contributed by atoms with E-state index in [0.29, 0.717) is 23.3 Å². The Morgan fingerprint density at radius 1 is 0.880 bits per heavy atom. The number of hydrogen-bond acceptors (Lipinski definition) is 7. The standard InChI is InChI=1S/C18H16O7/c1-22-15-8-12(10-19)14(9-16(15)23-2)18(21)25-13-6-4-11(5-7-13)17(20)24-3/h4-10H,1-3H3. The van der Waals surface area contributed by atoms with Crippen LogP contribution in [0, 0.1) is 0 Å². The van der Waals surface area contributed by atoms with Gasteiger partial charge in [0, 0.05) is 5.56 Å². The average Bonchev–Trinajstić information content (AvgIpc) is 2.66. The molecule has 0 aliphatic carbocycles. The van der Waals surface area contributed by atoms with E-state index in [1.165, 1.54) is 57.7 Å². The molecule has 2 aromatic rings. The lowest BCUT2D eigenvalue weighted by Gasteiger charge is -2.12. The Morgan fingerprint density at radius 3 is 2.00 bits per heavy atom. The van der Waals surface area contributed by atoms with E-state index in [1.54, 1.807) is 0 Å². The molecule has 0 aliphatic heterocycles. The molecule has 0 unspecified atom stereocenters. The van der Waals surface area contributed by atoms with E-state index >= 15 is 0 Å². The van der Waals surface area contributed by atoms with E-state index in [-0.39, 0.29) is 16.9 Å². The first-order valence-corrected chi connectivity index (χ1v) is 7.15. The normalized spacial score (nSPS) is 9.88. The lowest BCUT2D eigenvalue weighted by molar-refractivity contribution is 0.0600. The summed E-state index contributed by atoms with van der Waals surface area (Å²) in [5.41, 5.74) is 0.459. The Kier molecular flexibility index (Phi) is 5.73.